The molecule has 1 fully saturated rings. The number of phenolic OH excluding ortho intramolecular Hbond substituents is 2. The maximum absolute atomic E-state index is 9.45. The topological polar surface area (TPSA) is 40.5 Å². The molecule has 1 aliphatic rings. The molecule has 2 atom stereocenters. The molecule has 2 aromatic rings. The van der Waals surface area contributed by atoms with Crippen LogP contribution in [0.5, 0.6) is 11.5 Å². The van der Waals surface area contributed by atoms with E-state index in [1.165, 1.54) is 11.1 Å². The van der Waals surface area contributed by atoms with E-state index in [2.05, 4.69) is 13.8 Å². The molecule has 3 rings (SSSR count). The minimum Gasteiger partial charge on any atom is -0.508 e. The third kappa shape index (κ3) is 1.63. The highest BCUT2D eigenvalue weighted by molar-refractivity contribution is 5.50. The normalized spacial score (nSPS) is 24.1. The Kier molecular flexibility index (Phi) is 2.56. The van der Waals surface area contributed by atoms with Gasteiger partial charge < -0.3 is 10.2 Å². The summed E-state index contributed by atoms with van der Waals surface area (Å²) < 4.78 is 0. The second-order valence-electron chi connectivity index (χ2n) is 5.54. The highest BCUT2D eigenvalue weighted by Crippen LogP contribution is 2.63. The zero-order valence-electron chi connectivity index (χ0n) is 11.2. The van der Waals surface area contributed by atoms with Crippen LogP contribution in [0.15, 0.2) is 48.5 Å². The van der Waals surface area contributed by atoms with E-state index in [9.17, 15) is 10.2 Å². The summed E-state index contributed by atoms with van der Waals surface area (Å²) in [6.07, 6.45) is 0. The number of aromatic hydroxyl groups is 2. The number of phenols is 2. The van der Waals surface area contributed by atoms with Crippen LogP contribution in [0.1, 0.15) is 25.0 Å². The summed E-state index contributed by atoms with van der Waals surface area (Å²) in [7, 11) is 0. The highest BCUT2D eigenvalue weighted by Gasteiger charge is 2.60. The minimum atomic E-state index is 0.0153. The number of rotatable bonds is 2. The lowest BCUT2D eigenvalue weighted by Gasteiger charge is -2.19. The van der Waals surface area contributed by atoms with Crippen LogP contribution in [0.25, 0.3) is 0 Å². The molecule has 0 amide bonds. The van der Waals surface area contributed by atoms with Crippen LogP contribution < -0.4 is 0 Å². The lowest BCUT2D eigenvalue weighted by atomic mass is 9.84. The van der Waals surface area contributed by atoms with Crippen molar-refractivity contribution in [3.63, 3.8) is 0 Å². The highest BCUT2D eigenvalue weighted by atomic mass is 16.3. The Balaban J connectivity index is 2.11. The summed E-state index contributed by atoms with van der Waals surface area (Å²) in [5, 5.41) is 18.9. The van der Waals surface area contributed by atoms with Crippen molar-refractivity contribution in [1.29, 1.82) is 0 Å². The average molecular weight is 254 g/mol. The van der Waals surface area contributed by atoms with Gasteiger partial charge in [0.25, 0.3) is 0 Å². The summed E-state index contributed by atoms with van der Waals surface area (Å²) in [5.74, 6) is 1.71. The smallest absolute Gasteiger partial charge is 0.115 e. The van der Waals surface area contributed by atoms with Gasteiger partial charge >= 0.3 is 0 Å². The first-order valence-electron chi connectivity index (χ1n) is 6.66. The Morgan fingerprint density at radius 3 is 1.26 bits per heavy atom. The third-order valence-electron chi connectivity index (χ3n) is 4.77. The van der Waals surface area contributed by atoms with Crippen LogP contribution >= 0.6 is 0 Å². The van der Waals surface area contributed by atoms with Gasteiger partial charge in [0.15, 0.2) is 0 Å². The predicted octanol–water partition coefficient (Wildman–Crippen LogP) is 3.67. The molecule has 0 spiro atoms. The standard InChI is InChI=1S/C17H18O2/c1-11-12(2)17(11,13-3-7-15(18)8-4-13)14-5-9-16(19)10-6-14/h3-12,18-19H,1-2H3. The lowest BCUT2D eigenvalue weighted by Crippen LogP contribution is -2.13. The van der Waals surface area contributed by atoms with E-state index in [0.717, 1.165) is 0 Å². The van der Waals surface area contributed by atoms with E-state index in [1.54, 1.807) is 24.3 Å². The molecule has 1 saturated carbocycles. The van der Waals surface area contributed by atoms with Crippen LogP contribution in [0.3, 0.4) is 0 Å². The van der Waals surface area contributed by atoms with Gasteiger partial charge in [-0.15, -0.1) is 0 Å². The number of hydrogen-bond acceptors (Lipinski definition) is 2. The molecule has 0 heterocycles. The molecule has 0 saturated heterocycles. The van der Waals surface area contributed by atoms with E-state index in [4.69, 9.17) is 0 Å². The van der Waals surface area contributed by atoms with Crippen molar-refractivity contribution in [3.8, 4) is 11.5 Å². The fourth-order valence-electron chi connectivity index (χ4n) is 3.47. The Hall–Kier alpha value is -1.96. The molecule has 1 aliphatic carbocycles. The lowest BCUT2D eigenvalue weighted by molar-refractivity contribution is 0.474. The van der Waals surface area contributed by atoms with Gasteiger partial charge in [0.1, 0.15) is 11.5 Å². The van der Waals surface area contributed by atoms with Crippen molar-refractivity contribution in [1.82, 2.24) is 0 Å². The van der Waals surface area contributed by atoms with Gasteiger partial charge in [0.05, 0.1) is 0 Å². The molecule has 19 heavy (non-hydrogen) atoms. The maximum Gasteiger partial charge on any atom is 0.115 e. The number of benzene rings is 2. The summed E-state index contributed by atoms with van der Waals surface area (Å²) in [5.41, 5.74) is 2.48. The Morgan fingerprint density at radius 2 is 1.00 bits per heavy atom. The van der Waals surface area contributed by atoms with Crippen LogP contribution in [-0.2, 0) is 5.41 Å². The minimum absolute atomic E-state index is 0.0153. The van der Waals surface area contributed by atoms with Crippen molar-refractivity contribution < 1.29 is 10.2 Å². The molecule has 0 bridgehead atoms. The van der Waals surface area contributed by atoms with Crippen molar-refractivity contribution in [3.05, 3.63) is 59.7 Å². The third-order valence-corrected chi connectivity index (χ3v) is 4.77. The van der Waals surface area contributed by atoms with Crippen LogP contribution in [-0.4, -0.2) is 10.2 Å². The molecule has 0 radical (unpaired) electrons. The predicted molar refractivity (Wildman–Crippen MR) is 75.3 cm³/mol. The first-order valence-corrected chi connectivity index (χ1v) is 6.66. The molecule has 2 aromatic carbocycles. The van der Waals surface area contributed by atoms with Gasteiger partial charge in [0.2, 0.25) is 0 Å². The molecular formula is C17H18O2. The van der Waals surface area contributed by atoms with Gasteiger partial charge in [-0.05, 0) is 47.2 Å². The SMILES string of the molecule is CC1C(C)C1(c1ccc(O)cc1)c1ccc(O)cc1. The number of hydrogen-bond donors (Lipinski definition) is 2. The van der Waals surface area contributed by atoms with Crippen molar-refractivity contribution in [2.75, 3.05) is 0 Å². The van der Waals surface area contributed by atoms with Crippen molar-refractivity contribution in [2.24, 2.45) is 11.8 Å². The zero-order chi connectivity index (χ0) is 13.6. The maximum atomic E-state index is 9.45. The average Bonchev–Trinajstić information content (AvgIpc) is 2.95. The molecular weight excluding hydrogens is 236 g/mol. The summed E-state index contributed by atoms with van der Waals surface area (Å²) in [6, 6.07) is 15.0. The molecule has 2 N–H and O–H groups in total. The van der Waals surface area contributed by atoms with Gasteiger partial charge in [-0.1, -0.05) is 38.1 Å². The van der Waals surface area contributed by atoms with E-state index in [-0.39, 0.29) is 5.41 Å². The van der Waals surface area contributed by atoms with E-state index in [1.807, 2.05) is 24.3 Å². The Labute approximate surface area is 113 Å². The quantitative estimate of drug-likeness (QED) is 0.858. The van der Waals surface area contributed by atoms with Crippen LogP contribution in [0.4, 0.5) is 0 Å². The molecule has 2 nitrogen and oxygen atoms in total. The molecule has 2 heteroatoms. The second kappa shape index (κ2) is 4.02. The zero-order valence-corrected chi connectivity index (χ0v) is 11.2. The summed E-state index contributed by atoms with van der Waals surface area (Å²) >= 11 is 0. The largest absolute Gasteiger partial charge is 0.508 e. The molecule has 0 aliphatic heterocycles. The molecule has 98 valence electrons. The van der Waals surface area contributed by atoms with E-state index >= 15 is 0 Å². The van der Waals surface area contributed by atoms with E-state index in [0.29, 0.717) is 23.3 Å². The fourth-order valence-corrected chi connectivity index (χ4v) is 3.47. The first kappa shape index (κ1) is 12.1. The Bertz CT molecular complexity index is 528. The monoisotopic (exact) mass is 254 g/mol. The molecule has 2 unspecified atom stereocenters. The van der Waals surface area contributed by atoms with Gasteiger partial charge in [0, 0.05) is 5.41 Å². The van der Waals surface area contributed by atoms with Gasteiger partial charge in [-0.3, -0.25) is 0 Å². The van der Waals surface area contributed by atoms with Crippen molar-refractivity contribution >= 4 is 0 Å². The summed E-state index contributed by atoms with van der Waals surface area (Å²) in [4.78, 5) is 0. The van der Waals surface area contributed by atoms with Gasteiger partial charge in [-0.25, -0.2) is 0 Å². The van der Waals surface area contributed by atoms with E-state index < -0.39 is 0 Å². The second-order valence-corrected chi connectivity index (χ2v) is 5.54. The van der Waals surface area contributed by atoms with Crippen molar-refractivity contribution in [2.45, 2.75) is 19.3 Å². The van der Waals surface area contributed by atoms with Gasteiger partial charge in [-0.2, -0.15) is 0 Å². The molecule has 0 aromatic heterocycles. The van der Waals surface area contributed by atoms with Crippen LogP contribution in [0.2, 0.25) is 0 Å². The fraction of sp³-hybridized carbons (Fsp3) is 0.294. The summed E-state index contributed by atoms with van der Waals surface area (Å²) in [6.45, 7) is 4.51. The van der Waals surface area contributed by atoms with Crippen LogP contribution in [0, 0.1) is 11.8 Å². The first-order chi connectivity index (χ1) is 9.06. The Morgan fingerprint density at radius 1 is 0.684 bits per heavy atom.